The Bertz CT molecular complexity index is 862. The van der Waals surface area contributed by atoms with Crippen molar-refractivity contribution in [3.63, 3.8) is 0 Å². The van der Waals surface area contributed by atoms with E-state index in [1.807, 2.05) is 0 Å². The Hall–Kier alpha value is -0.877. The first kappa shape index (κ1) is 20.4. The molecule has 0 saturated carbocycles. The van der Waals surface area contributed by atoms with E-state index in [-0.39, 0.29) is 24.8 Å². The van der Waals surface area contributed by atoms with Crippen LogP contribution < -0.4 is 28.1 Å². The molecule has 0 fully saturated rings. The maximum absolute atomic E-state index is 2.42. The molecular formula is C22H21Cl2Zr. The van der Waals surface area contributed by atoms with E-state index < -0.39 is 21.8 Å². The average molecular weight is 448 g/mol. The molecule has 3 heteroatoms. The summed E-state index contributed by atoms with van der Waals surface area (Å²) < 4.78 is 5.05. The summed E-state index contributed by atoms with van der Waals surface area (Å²) in [5, 5.41) is 0. The van der Waals surface area contributed by atoms with E-state index >= 15 is 0 Å². The fourth-order valence-electron chi connectivity index (χ4n) is 3.81. The topological polar surface area (TPSA) is 0 Å². The van der Waals surface area contributed by atoms with Gasteiger partial charge < -0.3 is 24.8 Å². The van der Waals surface area contributed by atoms with E-state index in [0.29, 0.717) is 0 Å². The molecule has 0 aromatic heterocycles. The SMILES string of the molecule is C/C=[C](\C)[Zr+2]([C]1=CC=CC1)[c]1cccc2c1Cc1ccccc1-2.[Cl-].[Cl-]. The van der Waals surface area contributed by atoms with Crippen molar-refractivity contribution in [2.45, 2.75) is 26.7 Å². The van der Waals surface area contributed by atoms with E-state index in [2.05, 4.69) is 80.6 Å². The molecule has 2 aromatic carbocycles. The average Bonchev–Trinajstić information content (AvgIpc) is 3.23. The summed E-state index contributed by atoms with van der Waals surface area (Å²) in [4.78, 5) is 0. The van der Waals surface area contributed by atoms with Gasteiger partial charge in [-0.15, -0.1) is 0 Å². The molecule has 0 nitrogen and oxygen atoms in total. The molecule has 0 N–H and O–H groups in total. The van der Waals surface area contributed by atoms with Crippen LogP contribution in [-0.4, -0.2) is 0 Å². The Morgan fingerprint density at radius 1 is 1.00 bits per heavy atom. The molecule has 127 valence electrons. The minimum absolute atomic E-state index is 0. The third-order valence-electron chi connectivity index (χ3n) is 5.04. The number of hydrogen-bond acceptors (Lipinski definition) is 0. The van der Waals surface area contributed by atoms with Crippen LogP contribution in [0.1, 0.15) is 31.4 Å². The van der Waals surface area contributed by atoms with Crippen LogP contribution in [0.5, 0.6) is 0 Å². The molecule has 0 radical (unpaired) electrons. The first-order valence-electron chi connectivity index (χ1n) is 8.36. The van der Waals surface area contributed by atoms with Crippen LogP contribution in [0.25, 0.3) is 11.1 Å². The van der Waals surface area contributed by atoms with Crippen LogP contribution in [0.15, 0.2) is 73.3 Å². The molecule has 0 spiro atoms. The summed E-state index contributed by atoms with van der Waals surface area (Å²) in [6.45, 7) is 4.56. The van der Waals surface area contributed by atoms with Gasteiger partial charge in [0, 0.05) is 0 Å². The van der Waals surface area contributed by atoms with Crippen molar-refractivity contribution in [3.05, 3.63) is 84.5 Å². The summed E-state index contributed by atoms with van der Waals surface area (Å²) in [6.07, 6.45) is 11.6. The van der Waals surface area contributed by atoms with Crippen LogP contribution in [-0.2, 0) is 28.2 Å². The van der Waals surface area contributed by atoms with Gasteiger partial charge in [-0.2, -0.15) is 0 Å². The van der Waals surface area contributed by atoms with Gasteiger partial charge in [-0.25, -0.2) is 0 Å². The number of hydrogen-bond donors (Lipinski definition) is 0. The fourth-order valence-corrected chi connectivity index (χ4v) is 11.0. The minimum atomic E-state index is -1.95. The summed E-state index contributed by atoms with van der Waals surface area (Å²) in [5.74, 6) is 0. The van der Waals surface area contributed by atoms with Crippen LogP contribution in [0.3, 0.4) is 0 Å². The second-order valence-electron chi connectivity index (χ2n) is 6.34. The molecule has 0 heterocycles. The van der Waals surface area contributed by atoms with Gasteiger partial charge in [0.2, 0.25) is 0 Å². The Morgan fingerprint density at radius 3 is 2.48 bits per heavy atom. The van der Waals surface area contributed by atoms with Gasteiger partial charge in [0.05, 0.1) is 0 Å². The molecule has 0 bridgehead atoms. The maximum atomic E-state index is 2.42. The summed E-state index contributed by atoms with van der Waals surface area (Å²) in [6, 6.07) is 15.9. The van der Waals surface area contributed by atoms with E-state index in [0.717, 1.165) is 12.8 Å². The summed E-state index contributed by atoms with van der Waals surface area (Å²) in [7, 11) is 0. The largest absolute Gasteiger partial charge is 1.00 e. The quantitative estimate of drug-likeness (QED) is 0.497. The normalized spacial score (nSPS) is 14.2. The molecule has 2 aliphatic rings. The monoisotopic (exact) mass is 445 g/mol. The third-order valence-corrected chi connectivity index (χ3v) is 12.7. The zero-order valence-corrected chi connectivity index (χ0v) is 18.5. The summed E-state index contributed by atoms with van der Waals surface area (Å²) in [5.41, 5.74) is 6.03. The number of benzene rings is 2. The van der Waals surface area contributed by atoms with Crippen LogP contribution >= 0.6 is 0 Å². The van der Waals surface area contributed by atoms with Gasteiger partial charge in [-0.3, -0.25) is 0 Å². The number of halogens is 2. The Balaban J connectivity index is 0.00000113. The molecule has 4 rings (SSSR count). The van der Waals surface area contributed by atoms with Gasteiger partial charge in [0.1, 0.15) is 0 Å². The molecule has 2 aliphatic carbocycles. The molecule has 0 amide bonds. The van der Waals surface area contributed by atoms with E-state index in [4.69, 9.17) is 0 Å². The van der Waals surface area contributed by atoms with Gasteiger partial charge >= 0.3 is 147 Å². The maximum Gasteiger partial charge on any atom is -1.00 e. The summed E-state index contributed by atoms with van der Waals surface area (Å²) >= 11 is -1.95. The fraction of sp³-hybridized carbons (Fsp3) is 0.182. The molecular weight excluding hydrogens is 426 g/mol. The first-order chi connectivity index (χ1) is 11.3. The van der Waals surface area contributed by atoms with Crippen molar-refractivity contribution in [3.8, 4) is 11.1 Å². The first-order valence-corrected chi connectivity index (χ1v) is 12.0. The second-order valence-corrected chi connectivity index (χ2v) is 13.0. The Morgan fingerprint density at radius 2 is 1.76 bits per heavy atom. The van der Waals surface area contributed by atoms with Crippen molar-refractivity contribution in [2.75, 3.05) is 0 Å². The van der Waals surface area contributed by atoms with Crippen LogP contribution in [0, 0.1) is 0 Å². The van der Waals surface area contributed by atoms with Gasteiger partial charge in [0.25, 0.3) is 0 Å². The number of allylic oxidation sites excluding steroid dienone is 6. The van der Waals surface area contributed by atoms with Crippen molar-refractivity contribution in [2.24, 2.45) is 0 Å². The zero-order valence-electron chi connectivity index (χ0n) is 14.5. The molecule has 0 saturated heterocycles. The third kappa shape index (κ3) is 3.66. The van der Waals surface area contributed by atoms with Gasteiger partial charge in [-0.05, 0) is 0 Å². The molecule has 0 atom stereocenters. The smallest absolute Gasteiger partial charge is 1.00 e. The van der Waals surface area contributed by atoms with Crippen molar-refractivity contribution < 1.29 is 46.6 Å². The van der Waals surface area contributed by atoms with Gasteiger partial charge in [-0.1, -0.05) is 0 Å². The number of fused-ring (bicyclic) bond motifs is 3. The Labute approximate surface area is 171 Å². The van der Waals surface area contributed by atoms with Crippen LogP contribution in [0.2, 0.25) is 0 Å². The van der Waals surface area contributed by atoms with Crippen molar-refractivity contribution in [1.29, 1.82) is 0 Å². The van der Waals surface area contributed by atoms with Crippen molar-refractivity contribution in [1.82, 2.24) is 0 Å². The minimum Gasteiger partial charge on any atom is -1.00 e. The predicted molar refractivity (Wildman–Crippen MR) is 95.6 cm³/mol. The zero-order chi connectivity index (χ0) is 15.8. The van der Waals surface area contributed by atoms with E-state index in [1.54, 1.807) is 15.4 Å². The Kier molecular flexibility index (Phi) is 7.09. The van der Waals surface area contributed by atoms with Crippen LogP contribution in [0.4, 0.5) is 0 Å². The number of rotatable bonds is 3. The molecule has 25 heavy (non-hydrogen) atoms. The predicted octanol–water partition coefficient (Wildman–Crippen LogP) is -0.723. The standard InChI is InChI=1S/C13H9.C5H5.C4H7.2ClH.Zr/c1-3-7-12-10(5-1)9-11-6-2-4-8-13(11)12;1-2-4-5-3-1;1-3-4-2;;;/h1-5,7-8H,9H2;1-3H,4H2;3H,1-2H3;2*1H;/q;;;;;+2/p-2. The van der Waals surface area contributed by atoms with E-state index in [9.17, 15) is 0 Å². The van der Waals surface area contributed by atoms with E-state index in [1.165, 1.54) is 16.7 Å². The second kappa shape index (κ2) is 8.67. The molecule has 0 unspecified atom stereocenters. The molecule has 0 aliphatic heterocycles. The molecule has 2 aromatic rings. The van der Waals surface area contributed by atoms with Crippen molar-refractivity contribution >= 4 is 3.27 Å². The van der Waals surface area contributed by atoms with Gasteiger partial charge in [0.15, 0.2) is 0 Å².